The van der Waals surface area contributed by atoms with Crippen LogP contribution in [0.25, 0.3) is 11.3 Å². The summed E-state index contributed by atoms with van der Waals surface area (Å²) in [7, 11) is 0. The summed E-state index contributed by atoms with van der Waals surface area (Å²) in [5.74, 6) is 1.70. The van der Waals surface area contributed by atoms with Crippen LogP contribution in [0.1, 0.15) is 35.9 Å². The lowest BCUT2D eigenvalue weighted by Crippen LogP contribution is -2.12. The third-order valence-corrected chi connectivity index (χ3v) is 4.11. The number of carbonyl (C=O) groups excluding carboxylic acids is 1. The molecule has 2 aromatic carbocycles. The molecule has 3 aromatic rings. The fourth-order valence-corrected chi connectivity index (χ4v) is 2.60. The summed E-state index contributed by atoms with van der Waals surface area (Å²) in [6.07, 6.45) is 2.05. The first-order valence-electron chi connectivity index (χ1n) is 9.04. The smallest absolute Gasteiger partial charge is 0.255 e. The SMILES string of the molecule is CCCCOc1cccc(C(=O)Nc2ccc(-c3ccc(CO)o3)cc2)c1. The summed E-state index contributed by atoms with van der Waals surface area (Å²) in [6, 6.07) is 18.1. The highest BCUT2D eigenvalue weighted by Gasteiger charge is 2.09. The zero-order valence-electron chi connectivity index (χ0n) is 15.3. The number of furan rings is 1. The zero-order chi connectivity index (χ0) is 19.1. The van der Waals surface area contributed by atoms with Crippen LogP contribution in [-0.2, 0) is 6.61 Å². The van der Waals surface area contributed by atoms with E-state index in [1.165, 1.54) is 0 Å². The number of rotatable bonds is 8. The number of hydrogen-bond donors (Lipinski definition) is 2. The standard InChI is InChI=1S/C22H23NO4/c1-2-3-13-26-19-6-4-5-17(14-19)22(25)23-18-9-7-16(8-10-18)21-12-11-20(15-24)27-21/h4-12,14,24H,2-3,13,15H2,1H3,(H,23,25). The first kappa shape index (κ1) is 18.7. The second kappa shape index (κ2) is 9.05. The Kier molecular flexibility index (Phi) is 6.28. The fraction of sp³-hybridized carbons (Fsp3) is 0.227. The van der Waals surface area contributed by atoms with E-state index in [0.29, 0.717) is 35.1 Å². The lowest BCUT2D eigenvalue weighted by atomic mass is 10.1. The largest absolute Gasteiger partial charge is 0.494 e. The van der Waals surface area contributed by atoms with E-state index in [9.17, 15) is 4.79 Å². The van der Waals surface area contributed by atoms with Crippen LogP contribution in [0.3, 0.4) is 0 Å². The Bertz CT molecular complexity index is 883. The number of hydrogen-bond acceptors (Lipinski definition) is 4. The van der Waals surface area contributed by atoms with Gasteiger partial charge in [0.2, 0.25) is 0 Å². The number of benzene rings is 2. The Morgan fingerprint density at radius 2 is 1.93 bits per heavy atom. The molecule has 1 heterocycles. The summed E-state index contributed by atoms with van der Waals surface area (Å²) < 4.78 is 11.2. The lowest BCUT2D eigenvalue weighted by Gasteiger charge is -2.09. The molecule has 27 heavy (non-hydrogen) atoms. The van der Waals surface area contributed by atoms with Crippen molar-refractivity contribution in [2.24, 2.45) is 0 Å². The van der Waals surface area contributed by atoms with Crippen LogP contribution in [-0.4, -0.2) is 17.6 Å². The molecular formula is C22H23NO4. The molecule has 0 saturated heterocycles. The second-order valence-electron chi connectivity index (χ2n) is 6.19. The van der Waals surface area contributed by atoms with Crippen molar-refractivity contribution < 1.29 is 19.1 Å². The summed E-state index contributed by atoms with van der Waals surface area (Å²) >= 11 is 0. The first-order valence-corrected chi connectivity index (χ1v) is 9.04. The number of aliphatic hydroxyl groups is 1. The molecule has 0 saturated carbocycles. The van der Waals surface area contributed by atoms with Crippen LogP contribution in [0, 0.1) is 0 Å². The third kappa shape index (κ3) is 4.99. The molecule has 3 rings (SSSR count). The average molecular weight is 365 g/mol. The maximum absolute atomic E-state index is 12.5. The Labute approximate surface area is 158 Å². The molecule has 0 aliphatic rings. The van der Waals surface area contributed by atoms with Crippen molar-refractivity contribution >= 4 is 11.6 Å². The summed E-state index contributed by atoms with van der Waals surface area (Å²) in [4.78, 5) is 12.5. The zero-order valence-corrected chi connectivity index (χ0v) is 15.3. The van der Waals surface area contributed by atoms with E-state index >= 15 is 0 Å². The number of amides is 1. The number of unbranched alkanes of at least 4 members (excludes halogenated alkanes) is 1. The molecule has 0 radical (unpaired) electrons. The topological polar surface area (TPSA) is 71.7 Å². The Morgan fingerprint density at radius 3 is 2.63 bits per heavy atom. The van der Waals surface area contributed by atoms with Crippen molar-refractivity contribution in [1.82, 2.24) is 0 Å². The van der Waals surface area contributed by atoms with E-state index in [2.05, 4.69) is 12.2 Å². The first-order chi connectivity index (χ1) is 13.2. The van der Waals surface area contributed by atoms with Crippen LogP contribution in [0.2, 0.25) is 0 Å². The quantitative estimate of drug-likeness (QED) is 0.559. The van der Waals surface area contributed by atoms with Gasteiger partial charge in [0.05, 0.1) is 6.61 Å². The minimum Gasteiger partial charge on any atom is -0.494 e. The van der Waals surface area contributed by atoms with Gasteiger partial charge < -0.3 is 19.6 Å². The van der Waals surface area contributed by atoms with Crippen LogP contribution in [0.15, 0.2) is 65.1 Å². The van der Waals surface area contributed by atoms with Crippen LogP contribution < -0.4 is 10.1 Å². The molecule has 0 spiro atoms. The average Bonchev–Trinajstić information content (AvgIpc) is 3.18. The van der Waals surface area contributed by atoms with Gasteiger partial charge in [-0.2, -0.15) is 0 Å². The third-order valence-electron chi connectivity index (χ3n) is 4.11. The molecule has 1 amide bonds. The predicted octanol–water partition coefficient (Wildman–Crippen LogP) is 4.87. The van der Waals surface area contributed by atoms with Gasteiger partial charge in [0, 0.05) is 16.8 Å². The number of carbonyl (C=O) groups is 1. The van der Waals surface area contributed by atoms with E-state index in [0.717, 1.165) is 18.4 Å². The number of ether oxygens (including phenoxy) is 1. The highest BCUT2D eigenvalue weighted by atomic mass is 16.5. The minimum atomic E-state index is -0.191. The van der Waals surface area contributed by atoms with Gasteiger partial charge >= 0.3 is 0 Å². The van der Waals surface area contributed by atoms with Gasteiger partial charge in [-0.25, -0.2) is 0 Å². The molecule has 5 nitrogen and oxygen atoms in total. The molecular weight excluding hydrogens is 342 g/mol. The molecule has 1 aromatic heterocycles. The van der Waals surface area contributed by atoms with Gasteiger partial charge in [-0.1, -0.05) is 19.4 Å². The summed E-state index contributed by atoms with van der Waals surface area (Å²) in [5.41, 5.74) is 2.11. The Hall–Kier alpha value is -3.05. The molecule has 0 aliphatic heterocycles. The van der Waals surface area contributed by atoms with Crippen LogP contribution in [0.4, 0.5) is 5.69 Å². The Balaban J connectivity index is 1.64. The van der Waals surface area contributed by atoms with Crippen molar-refractivity contribution in [3.63, 3.8) is 0 Å². The van der Waals surface area contributed by atoms with Crippen LogP contribution in [0.5, 0.6) is 5.75 Å². The maximum Gasteiger partial charge on any atom is 0.255 e. The van der Waals surface area contributed by atoms with Gasteiger partial charge in [0.1, 0.15) is 23.9 Å². The van der Waals surface area contributed by atoms with Gasteiger partial charge in [-0.15, -0.1) is 0 Å². The van der Waals surface area contributed by atoms with Crippen molar-refractivity contribution in [3.8, 4) is 17.1 Å². The highest BCUT2D eigenvalue weighted by molar-refractivity contribution is 6.04. The minimum absolute atomic E-state index is 0.130. The number of anilines is 1. The molecule has 0 bridgehead atoms. The van der Waals surface area contributed by atoms with E-state index in [1.54, 1.807) is 18.2 Å². The molecule has 0 aliphatic carbocycles. The number of nitrogens with one attached hydrogen (secondary N) is 1. The monoisotopic (exact) mass is 365 g/mol. The fourth-order valence-electron chi connectivity index (χ4n) is 2.60. The van der Waals surface area contributed by atoms with Crippen molar-refractivity contribution in [2.45, 2.75) is 26.4 Å². The molecule has 0 atom stereocenters. The van der Waals surface area contributed by atoms with Gasteiger partial charge in [-0.05, 0) is 61.0 Å². The Morgan fingerprint density at radius 1 is 1.11 bits per heavy atom. The van der Waals surface area contributed by atoms with E-state index in [4.69, 9.17) is 14.3 Å². The van der Waals surface area contributed by atoms with Crippen molar-refractivity contribution in [2.75, 3.05) is 11.9 Å². The molecule has 0 fully saturated rings. The van der Waals surface area contributed by atoms with Crippen molar-refractivity contribution in [1.29, 1.82) is 0 Å². The van der Waals surface area contributed by atoms with Gasteiger partial charge in [-0.3, -0.25) is 4.79 Å². The second-order valence-corrected chi connectivity index (χ2v) is 6.19. The summed E-state index contributed by atoms with van der Waals surface area (Å²) in [6.45, 7) is 2.62. The number of aliphatic hydroxyl groups excluding tert-OH is 1. The van der Waals surface area contributed by atoms with E-state index in [1.807, 2.05) is 42.5 Å². The lowest BCUT2D eigenvalue weighted by molar-refractivity contribution is 0.102. The molecule has 140 valence electrons. The summed E-state index contributed by atoms with van der Waals surface area (Å²) in [5, 5.41) is 12.0. The normalized spacial score (nSPS) is 10.6. The van der Waals surface area contributed by atoms with Crippen molar-refractivity contribution in [3.05, 3.63) is 72.0 Å². The molecule has 5 heteroatoms. The van der Waals surface area contributed by atoms with E-state index < -0.39 is 0 Å². The molecule has 0 unspecified atom stereocenters. The van der Waals surface area contributed by atoms with Gasteiger partial charge in [0.25, 0.3) is 5.91 Å². The predicted molar refractivity (Wildman–Crippen MR) is 105 cm³/mol. The van der Waals surface area contributed by atoms with Crippen LogP contribution >= 0.6 is 0 Å². The highest BCUT2D eigenvalue weighted by Crippen LogP contribution is 2.24. The van der Waals surface area contributed by atoms with E-state index in [-0.39, 0.29) is 12.5 Å². The molecule has 2 N–H and O–H groups in total. The van der Waals surface area contributed by atoms with Gasteiger partial charge in [0.15, 0.2) is 0 Å². The maximum atomic E-state index is 12.5.